The number of imidazole rings is 1. The van der Waals surface area contributed by atoms with Gasteiger partial charge in [0.1, 0.15) is 0 Å². The van der Waals surface area contributed by atoms with Crippen LogP contribution in [0.4, 0.5) is 0 Å². The minimum atomic E-state index is -3.73. The second kappa shape index (κ2) is 6.37. The fraction of sp³-hybridized carbons (Fsp3) is 0.118. The smallest absolute Gasteiger partial charge is 0.269 e. The Hall–Kier alpha value is -2.80. The summed E-state index contributed by atoms with van der Waals surface area (Å²) in [7, 11) is -0.665. The molecule has 1 heterocycles. The molecular formula is C17H16N2O4S. The summed E-state index contributed by atoms with van der Waals surface area (Å²) < 4.78 is 37.3. The van der Waals surface area contributed by atoms with E-state index in [4.69, 9.17) is 9.47 Å². The van der Waals surface area contributed by atoms with Crippen LogP contribution in [0.1, 0.15) is 0 Å². The van der Waals surface area contributed by atoms with Gasteiger partial charge < -0.3 is 9.47 Å². The van der Waals surface area contributed by atoms with Gasteiger partial charge in [0, 0.05) is 18.0 Å². The Kier molecular flexibility index (Phi) is 4.26. The van der Waals surface area contributed by atoms with Crippen LogP contribution in [0.15, 0.2) is 65.8 Å². The molecular weight excluding hydrogens is 328 g/mol. The van der Waals surface area contributed by atoms with Crippen molar-refractivity contribution in [3.63, 3.8) is 0 Å². The summed E-state index contributed by atoms with van der Waals surface area (Å²) in [6.45, 7) is 0. The van der Waals surface area contributed by atoms with E-state index in [2.05, 4.69) is 4.98 Å². The van der Waals surface area contributed by atoms with Gasteiger partial charge in [-0.1, -0.05) is 18.2 Å². The Morgan fingerprint density at radius 3 is 2.33 bits per heavy atom. The third-order valence-corrected chi connectivity index (χ3v) is 5.23. The van der Waals surface area contributed by atoms with Gasteiger partial charge in [-0.25, -0.2) is 17.4 Å². The quantitative estimate of drug-likeness (QED) is 0.712. The Morgan fingerprint density at radius 2 is 1.67 bits per heavy atom. The number of methoxy groups -OCH3 is 2. The number of aromatic nitrogens is 2. The zero-order valence-corrected chi connectivity index (χ0v) is 14.0. The lowest BCUT2D eigenvalue weighted by Crippen LogP contribution is -2.13. The van der Waals surface area contributed by atoms with E-state index in [1.54, 1.807) is 55.6 Å². The van der Waals surface area contributed by atoms with Crippen LogP contribution in [0.3, 0.4) is 0 Å². The highest BCUT2D eigenvalue weighted by molar-refractivity contribution is 7.90. The summed E-state index contributed by atoms with van der Waals surface area (Å²) in [5, 5.41) is 0. The van der Waals surface area contributed by atoms with Gasteiger partial charge in [0.15, 0.2) is 17.3 Å². The fourth-order valence-corrected chi connectivity index (χ4v) is 3.69. The fourth-order valence-electron chi connectivity index (χ4n) is 2.37. The van der Waals surface area contributed by atoms with Crippen molar-refractivity contribution in [2.75, 3.05) is 14.2 Å². The van der Waals surface area contributed by atoms with Gasteiger partial charge in [-0.2, -0.15) is 0 Å². The van der Waals surface area contributed by atoms with Crippen molar-refractivity contribution in [1.82, 2.24) is 8.96 Å². The van der Waals surface area contributed by atoms with Crippen molar-refractivity contribution in [1.29, 1.82) is 0 Å². The average Bonchev–Trinajstić information content (AvgIpc) is 3.12. The minimum Gasteiger partial charge on any atom is -0.493 e. The number of nitrogens with zero attached hydrogens (tertiary/aromatic N) is 2. The molecule has 0 unspecified atom stereocenters. The Balaban J connectivity index is 2.12. The summed E-state index contributed by atoms with van der Waals surface area (Å²) in [5.74, 6) is 1.37. The van der Waals surface area contributed by atoms with Gasteiger partial charge in [0.25, 0.3) is 10.0 Å². The number of ether oxygens (including phenoxy) is 2. The van der Waals surface area contributed by atoms with Gasteiger partial charge in [-0.05, 0) is 30.3 Å². The lowest BCUT2D eigenvalue weighted by Gasteiger charge is -2.12. The van der Waals surface area contributed by atoms with E-state index in [-0.39, 0.29) is 4.90 Å². The second-order valence-corrected chi connectivity index (χ2v) is 6.75. The molecule has 0 radical (unpaired) electrons. The minimum absolute atomic E-state index is 0.199. The lowest BCUT2D eigenvalue weighted by molar-refractivity contribution is 0.355. The zero-order chi connectivity index (χ0) is 17.2. The van der Waals surface area contributed by atoms with Crippen LogP contribution >= 0.6 is 0 Å². The molecule has 0 aliphatic heterocycles. The molecule has 0 N–H and O–H groups in total. The number of hydrogen-bond acceptors (Lipinski definition) is 5. The SMILES string of the molecule is COc1ccc(-c2nccn2S(=O)(=O)c2ccccc2)cc1OC. The van der Waals surface area contributed by atoms with Crippen molar-refractivity contribution >= 4 is 10.0 Å². The largest absolute Gasteiger partial charge is 0.493 e. The van der Waals surface area contributed by atoms with Crippen LogP contribution in [0.5, 0.6) is 11.5 Å². The number of hydrogen-bond donors (Lipinski definition) is 0. The molecule has 0 saturated carbocycles. The van der Waals surface area contributed by atoms with Gasteiger partial charge in [0.05, 0.1) is 19.1 Å². The first-order valence-electron chi connectivity index (χ1n) is 7.14. The highest BCUT2D eigenvalue weighted by Crippen LogP contribution is 2.32. The highest BCUT2D eigenvalue weighted by atomic mass is 32.2. The predicted octanol–water partition coefficient (Wildman–Crippen LogP) is 2.80. The third kappa shape index (κ3) is 2.74. The van der Waals surface area contributed by atoms with Gasteiger partial charge in [-0.3, -0.25) is 0 Å². The first kappa shape index (κ1) is 16.1. The summed E-state index contributed by atoms with van der Waals surface area (Å²) in [5.41, 5.74) is 0.608. The maximum Gasteiger partial charge on any atom is 0.269 e. The van der Waals surface area contributed by atoms with E-state index in [1.165, 1.54) is 19.5 Å². The standard InChI is InChI=1S/C17H16N2O4S/c1-22-15-9-8-13(12-16(15)23-2)17-18-10-11-19(17)24(20,21)14-6-4-3-5-7-14/h3-12H,1-2H3. The number of rotatable bonds is 5. The summed E-state index contributed by atoms with van der Waals surface area (Å²) >= 11 is 0. The molecule has 3 aromatic rings. The Bertz CT molecular complexity index is 950. The molecule has 3 rings (SSSR count). The van der Waals surface area contributed by atoms with Crippen molar-refractivity contribution < 1.29 is 17.9 Å². The van der Waals surface area contributed by atoms with Crippen LogP contribution < -0.4 is 9.47 Å². The van der Waals surface area contributed by atoms with E-state index in [1.807, 2.05) is 0 Å². The molecule has 0 aliphatic rings. The van der Waals surface area contributed by atoms with E-state index in [0.29, 0.717) is 22.9 Å². The molecule has 6 nitrogen and oxygen atoms in total. The van der Waals surface area contributed by atoms with Crippen molar-refractivity contribution in [3.05, 3.63) is 60.9 Å². The second-order valence-electron chi connectivity index (χ2n) is 4.93. The molecule has 24 heavy (non-hydrogen) atoms. The van der Waals surface area contributed by atoms with Crippen molar-refractivity contribution in [2.24, 2.45) is 0 Å². The van der Waals surface area contributed by atoms with Gasteiger partial charge in [0.2, 0.25) is 0 Å². The van der Waals surface area contributed by atoms with E-state index in [9.17, 15) is 8.42 Å². The maximum absolute atomic E-state index is 12.8. The molecule has 0 atom stereocenters. The van der Waals surface area contributed by atoms with Gasteiger partial charge in [-0.15, -0.1) is 0 Å². The lowest BCUT2D eigenvalue weighted by atomic mass is 10.2. The predicted molar refractivity (Wildman–Crippen MR) is 89.8 cm³/mol. The summed E-state index contributed by atoms with van der Waals surface area (Å²) in [4.78, 5) is 4.40. The first-order chi connectivity index (χ1) is 11.6. The van der Waals surface area contributed by atoms with E-state index in [0.717, 1.165) is 3.97 Å². The molecule has 7 heteroatoms. The zero-order valence-electron chi connectivity index (χ0n) is 13.2. The summed E-state index contributed by atoms with van der Waals surface area (Å²) in [6, 6.07) is 13.4. The molecule has 0 bridgehead atoms. The van der Waals surface area contributed by atoms with E-state index < -0.39 is 10.0 Å². The van der Waals surface area contributed by atoms with Crippen LogP contribution in [-0.2, 0) is 10.0 Å². The molecule has 0 fully saturated rings. The van der Waals surface area contributed by atoms with Gasteiger partial charge >= 0.3 is 0 Å². The highest BCUT2D eigenvalue weighted by Gasteiger charge is 2.21. The normalized spacial score (nSPS) is 11.2. The van der Waals surface area contributed by atoms with Crippen LogP contribution in [0.25, 0.3) is 11.4 Å². The summed E-state index contributed by atoms with van der Waals surface area (Å²) in [6.07, 6.45) is 2.88. The number of benzene rings is 2. The van der Waals surface area contributed by atoms with Crippen molar-refractivity contribution in [2.45, 2.75) is 4.90 Å². The molecule has 0 aliphatic carbocycles. The van der Waals surface area contributed by atoms with Crippen LogP contribution in [0.2, 0.25) is 0 Å². The molecule has 0 amide bonds. The third-order valence-electron chi connectivity index (χ3n) is 3.55. The maximum atomic E-state index is 12.8. The topological polar surface area (TPSA) is 70.4 Å². The molecule has 1 aromatic heterocycles. The Morgan fingerprint density at radius 1 is 0.958 bits per heavy atom. The molecule has 124 valence electrons. The molecule has 0 spiro atoms. The van der Waals surface area contributed by atoms with Crippen LogP contribution in [-0.4, -0.2) is 31.6 Å². The van der Waals surface area contributed by atoms with Crippen LogP contribution in [0, 0.1) is 0 Å². The first-order valence-corrected chi connectivity index (χ1v) is 8.58. The average molecular weight is 344 g/mol. The van der Waals surface area contributed by atoms with E-state index >= 15 is 0 Å². The van der Waals surface area contributed by atoms with Crippen molar-refractivity contribution in [3.8, 4) is 22.9 Å². The monoisotopic (exact) mass is 344 g/mol. The molecule has 0 saturated heterocycles. The Labute approximate surface area is 140 Å². The molecule has 2 aromatic carbocycles.